The maximum atomic E-state index is 11.4. The number of hydrogen-bond donors (Lipinski definition) is 3. The van der Waals surface area contributed by atoms with Gasteiger partial charge < -0.3 is 15.3 Å². The van der Waals surface area contributed by atoms with Crippen molar-refractivity contribution < 1.29 is 20.1 Å². The molecule has 5 nitrogen and oxygen atoms in total. The van der Waals surface area contributed by atoms with Crippen LogP contribution in [0.4, 0.5) is 0 Å². The number of aromatic carboxylic acids is 1. The van der Waals surface area contributed by atoms with Crippen molar-refractivity contribution in [3.8, 4) is 22.8 Å². The zero-order valence-corrected chi connectivity index (χ0v) is 10.8. The summed E-state index contributed by atoms with van der Waals surface area (Å²) in [5.74, 6) is -1.56. The van der Waals surface area contributed by atoms with Crippen LogP contribution < -0.4 is 0 Å². The summed E-state index contributed by atoms with van der Waals surface area (Å²) in [7, 11) is 0. The summed E-state index contributed by atoms with van der Waals surface area (Å²) >= 11 is 0. The van der Waals surface area contributed by atoms with E-state index in [0.29, 0.717) is 22.2 Å². The van der Waals surface area contributed by atoms with E-state index in [1.165, 1.54) is 18.2 Å². The van der Waals surface area contributed by atoms with E-state index >= 15 is 0 Å². The van der Waals surface area contributed by atoms with Gasteiger partial charge in [0, 0.05) is 10.9 Å². The average molecular weight is 281 g/mol. The summed E-state index contributed by atoms with van der Waals surface area (Å²) in [5, 5.41) is 28.8. The molecule has 0 saturated heterocycles. The fraction of sp³-hybridized carbons (Fsp3) is 0. The molecule has 1 heterocycles. The fourth-order valence-electron chi connectivity index (χ4n) is 2.18. The van der Waals surface area contributed by atoms with E-state index in [1.807, 2.05) is 0 Å². The SMILES string of the molecule is O=C(O)c1cc(-c2ccc(O)c(O)c2)nc2ccccc12. The first kappa shape index (κ1) is 12.9. The number of benzene rings is 2. The highest BCUT2D eigenvalue weighted by Crippen LogP contribution is 2.31. The fourth-order valence-corrected chi connectivity index (χ4v) is 2.18. The molecule has 0 bridgehead atoms. The minimum absolute atomic E-state index is 0.142. The maximum absolute atomic E-state index is 11.4. The zero-order chi connectivity index (χ0) is 15.0. The van der Waals surface area contributed by atoms with E-state index in [4.69, 9.17) is 0 Å². The maximum Gasteiger partial charge on any atom is 0.336 e. The topological polar surface area (TPSA) is 90.7 Å². The van der Waals surface area contributed by atoms with Crippen LogP contribution in [0.1, 0.15) is 10.4 Å². The Balaban J connectivity index is 2.28. The van der Waals surface area contributed by atoms with Crippen LogP contribution >= 0.6 is 0 Å². The van der Waals surface area contributed by atoms with Gasteiger partial charge in [-0.1, -0.05) is 18.2 Å². The highest BCUT2D eigenvalue weighted by atomic mass is 16.4. The Morgan fingerprint density at radius 3 is 2.43 bits per heavy atom. The largest absolute Gasteiger partial charge is 0.504 e. The van der Waals surface area contributed by atoms with E-state index in [-0.39, 0.29) is 17.1 Å². The lowest BCUT2D eigenvalue weighted by Crippen LogP contribution is -2.00. The molecule has 21 heavy (non-hydrogen) atoms. The second-order valence-corrected chi connectivity index (χ2v) is 4.58. The number of pyridine rings is 1. The molecule has 3 N–H and O–H groups in total. The van der Waals surface area contributed by atoms with Gasteiger partial charge in [0.25, 0.3) is 0 Å². The third kappa shape index (κ3) is 2.25. The number of carboxylic acid groups (broad SMARTS) is 1. The van der Waals surface area contributed by atoms with Gasteiger partial charge in [-0.25, -0.2) is 9.78 Å². The van der Waals surface area contributed by atoms with E-state index < -0.39 is 5.97 Å². The van der Waals surface area contributed by atoms with Crippen molar-refractivity contribution in [1.82, 2.24) is 4.98 Å². The molecule has 2 aromatic carbocycles. The Labute approximate surface area is 119 Å². The van der Waals surface area contributed by atoms with Gasteiger partial charge in [-0.05, 0) is 30.3 Å². The van der Waals surface area contributed by atoms with Gasteiger partial charge in [0.1, 0.15) is 0 Å². The van der Waals surface area contributed by atoms with Crippen LogP contribution in [0.3, 0.4) is 0 Å². The first-order valence-electron chi connectivity index (χ1n) is 6.21. The van der Waals surface area contributed by atoms with E-state index in [2.05, 4.69) is 4.98 Å². The minimum Gasteiger partial charge on any atom is -0.504 e. The second-order valence-electron chi connectivity index (χ2n) is 4.58. The molecule has 0 saturated carbocycles. The smallest absolute Gasteiger partial charge is 0.336 e. The van der Waals surface area contributed by atoms with E-state index in [1.54, 1.807) is 30.3 Å². The monoisotopic (exact) mass is 281 g/mol. The van der Waals surface area contributed by atoms with Crippen molar-refractivity contribution in [2.45, 2.75) is 0 Å². The predicted octanol–water partition coefficient (Wildman–Crippen LogP) is 3.01. The molecular formula is C16H11NO4. The molecule has 104 valence electrons. The molecule has 1 aromatic heterocycles. The number of nitrogens with zero attached hydrogens (tertiary/aromatic N) is 1. The third-order valence-corrected chi connectivity index (χ3v) is 3.22. The molecule has 0 unspecified atom stereocenters. The van der Waals surface area contributed by atoms with Crippen LogP contribution in [0.5, 0.6) is 11.5 Å². The van der Waals surface area contributed by atoms with Crippen molar-refractivity contribution in [2.75, 3.05) is 0 Å². The number of carbonyl (C=O) groups is 1. The lowest BCUT2D eigenvalue weighted by molar-refractivity contribution is 0.0699. The summed E-state index contributed by atoms with van der Waals surface area (Å²) in [5.41, 5.74) is 1.64. The number of aromatic nitrogens is 1. The first-order chi connectivity index (χ1) is 10.1. The summed E-state index contributed by atoms with van der Waals surface area (Å²) in [6.45, 7) is 0. The summed E-state index contributed by atoms with van der Waals surface area (Å²) < 4.78 is 0. The van der Waals surface area contributed by atoms with Gasteiger partial charge >= 0.3 is 5.97 Å². The molecule has 0 atom stereocenters. The molecule has 0 amide bonds. The van der Waals surface area contributed by atoms with Crippen molar-refractivity contribution in [1.29, 1.82) is 0 Å². The molecule has 5 heteroatoms. The Morgan fingerprint density at radius 1 is 0.952 bits per heavy atom. The van der Waals surface area contributed by atoms with Crippen LogP contribution in [0.15, 0.2) is 48.5 Å². The van der Waals surface area contributed by atoms with Gasteiger partial charge in [0.15, 0.2) is 11.5 Å². The highest BCUT2D eigenvalue weighted by Gasteiger charge is 2.13. The Morgan fingerprint density at radius 2 is 1.71 bits per heavy atom. The zero-order valence-electron chi connectivity index (χ0n) is 10.8. The van der Waals surface area contributed by atoms with Crippen molar-refractivity contribution in [2.24, 2.45) is 0 Å². The van der Waals surface area contributed by atoms with E-state index in [0.717, 1.165) is 0 Å². The summed E-state index contributed by atoms with van der Waals surface area (Å²) in [4.78, 5) is 15.8. The molecule has 3 aromatic rings. The number of aromatic hydroxyl groups is 2. The molecule has 0 aliphatic rings. The number of fused-ring (bicyclic) bond motifs is 1. The minimum atomic E-state index is -1.04. The lowest BCUT2D eigenvalue weighted by Gasteiger charge is -2.08. The first-order valence-corrected chi connectivity index (χ1v) is 6.21. The molecule has 0 fully saturated rings. The highest BCUT2D eigenvalue weighted by molar-refractivity contribution is 6.03. The quantitative estimate of drug-likeness (QED) is 0.628. The molecular weight excluding hydrogens is 270 g/mol. The lowest BCUT2D eigenvalue weighted by atomic mass is 10.0. The normalized spacial score (nSPS) is 10.7. The summed E-state index contributed by atoms with van der Waals surface area (Å²) in [6.07, 6.45) is 0. The van der Waals surface area contributed by atoms with Gasteiger partial charge in [0.05, 0.1) is 16.8 Å². The number of phenolic OH excluding ortho intramolecular Hbond substituents is 2. The Kier molecular flexibility index (Phi) is 2.95. The van der Waals surface area contributed by atoms with Gasteiger partial charge in [0.2, 0.25) is 0 Å². The number of phenols is 2. The Bertz CT molecular complexity index is 858. The number of carboxylic acids is 1. The number of para-hydroxylation sites is 1. The molecule has 0 aliphatic heterocycles. The third-order valence-electron chi connectivity index (χ3n) is 3.22. The van der Waals surface area contributed by atoms with Crippen molar-refractivity contribution >= 4 is 16.9 Å². The van der Waals surface area contributed by atoms with Crippen LogP contribution in [0, 0.1) is 0 Å². The number of rotatable bonds is 2. The van der Waals surface area contributed by atoms with Crippen LogP contribution in [0.2, 0.25) is 0 Å². The van der Waals surface area contributed by atoms with Gasteiger partial charge in [-0.3, -0.25) is 0 Å². The predicted molar refractivity (Wildman–Crippen MR) is 77.5 cm³/mol. The van der Waals surface area contributed by atoms with E-state index in [9.17, 15) is 20.1 Å². The van der Waals surface area contributed by atoms with Crippen molar-refractivity contribution in [3.05, 3.63) is 54.1 Å². The number of hydrogen-bond acceptors (Lipinski definition) is 4. The Hall–Kier alpha value is -3.08. The van der Waals surface area contributed by atoms with Crippen LogP contribution in [-0.2, 0) is 0 Å². The molecule has 3 rings (SSSR count). The van der Waals surface area contributed by atoms with Crippen LogP contribution in [-0.4, -0.2) is 26.3 Å². The second kappa shape index (κ2) is 4.79. The van der Waals surface area contributed by atoms with Gasteiger partial charge in [-0.2, -0.15) is 0 Å². The standard InChI is InChI=1S/C16H11NO4/c18-14-6-5-9(7-15(14)19)13-8-11(16(20)21)10-3-1-2-4-12(10)17-13/h1-8,18-19H,(H,20,21). The molecule has 0 radical (unpaired) electrons. The summed E-state index contributed by atoms with van der Waals surface area (Å²) in [6, 6.07) is 12.7. The van der Waals surface area contributed by atoms with Crippen molar-refractivity contribution in [3.63, 3.8) is 0 Å². The average Bonchev–Trinajstić information content (AvgIpc) is 2.48. The molecule has 0 aliphatic carbocycles. The van der Waals surface area contributed by atoms with Crippen LogP contribution in [0.25, 0.3) is 22.2 Å². The molecule has 0 spiro atoms. The van der Waals surface area contributed by atoms with Gasteiger partial charge in [-0.15, -0.1) is 0 Å².